The van der Waals surface area contributed by atoms with Gasteiger partial charge in [-0.25, -0.2) is 4.39 Å². The summed E-state index contributed by atoms with van der Waals surface area (Å²) in [4.78, 5) is -2.37. The minimum atomic E-state index is -5.72. The van der Waals surface area contributed by atoms with E-state index in [-0.39, 0.29) is 5.75 Å². The fourth-order valence-electron chi connectivity index (χ4n) is 1.19. The van der Waals surface area contributed by atoms with Crippen LogP contribution >= 0.6 is 15.9 Å². The van der Waals surface area contributed by atoms with Crippen molar-refractivity contribution in [2.45, 2.75) is 16.9 Å². The van der Waals surface area contributed by atoms with Crippen LogP contribution in [0.15, 0.2) is 18.2 Å². The second kappa shape index (κ2) is 4.99. The second-order valence-corrected chi connectivity index (χ2v) is 4.29. The van der Waals surface area contributed by atoms with Crippen molar-refractivity contribution in [3.63, 3.8) is 0 Å². The lowest BCUT2D eigenvalue weighted by Gasteiger charge is -2.25. The molecule has 0 aromatic heterocycles. The number of rotatable bonds is 3. The van der Waals surface area contributed by atoms with E-state index in [1.165, 1.54) is 0 Å². The largest absolute Gasteiger partial charge is 0.494 e. The van der Waals surface area contributed by atoms with Crippen molar-refractivity contribution in [2.24, 2.45) is 0 Å². The molecule has 0 aliphatic carbocycles. The monoisotopic (exact) mass is 336 g/mol. The van der Waals surface area contributed by atoms with E-state index in [1.807, 2.05) is 0 Å². The third kappa shape index (κ3) is 2.73. The molecule has 0 bridgehead atoms. The summed E-state index contributed by atoms with van der Waals surface area (Å²) in [6.45, 7) is 0. The van der Waals surface area contributed by atoms with Crippen LogP contribution in [-0.2, 0) is 0 Å². The summed E-state index contributed by atoms with van der Waals surface area (Å²) >= 11 is 2.25. The molecule has 0 aliphatic heterocycles. The highest BCUT2D eigenvalue weighted by atomic mass is 79.9. The summed E-state index contributed by atoms with van der Waals surface area (Å²) in [6.07, 6.45) is -5.72. The first-order valence-corrected chi connectivity index (χ1v) is 5.45. The fourth-order valence-corrected chi connectivity index (χ4v) is 1.74. The molecule has 18 heavy (non-hydrogen) atoms. The molecule has 8 heteroatoms. The van der Waals surface area contributed by atoms with E-state index in [0.717, 1.165) is 19.2 Å². The summed E-state index contributed by atoms with van der Waals surface area (Å²) in [5.74, 6) is -6.26. The maximum atomic E-state index is 13.2. The highest BCUT2D eigenvalue weighted by molar-refractivity contribution is 9.09. The van der Waals surface area contributed by atoms with Gasteiger partial charge >= 0.3 is 12.1 Å². The SMILES string of the molecule is COc1ccc(C(Br)C(F)(F)C(F)(F)F)cc1F. The first-order chi connectivity index (χ1) is 8.11. The molecular weight excluding hydrogens is 330 g/mol. The molecule has 1 aromatic carbocycles. The first-order valence-electron chi connectivity index (χ1n) is 4.53. The minimum Gasteiger partial charge on any atom is -0.494 e. The van der Waals surface area contributed by atoms with E-state index in [0.29, 0.717) is 6.07 Å². The zero-order valence-electron chi connectivity index (χ0n) is 8.86. The van der Waals surface area contributed by atoms with Crippen LogP contribution < -0.4 is 4.74 Å². The Morgan fingerprint density at radius 2 is 1.72 bits per heavy atom. The molecular formula is C10H7BrF6O. The summed E-state index contributed by atoms with van der Waals surface area (Å²) < 4.78 is 80.1. The van der Waals surface area contributed by atoms with Crippen LogP contribution in [0.2, 0.25) is 0 Å². The number of ether oxygens (including phenoxy) is 1. The lowest BCUT2D eigenvalue weighted by Crippen LogP contribution is -2.40. The number of halogens is 7. The molecule has 0 saturated carbocycles. The van der Waals surface area contributed by atoms with Gasteiger partial charge in [0.25, 0.3) is 0 Å². The van der Waals surface area contributed by atoms with Gasteiger partial charge in [0, 0.05) is 0 Å². The molecule has 0 radical (unpaired) electrons. The van der Waals surface area contributed by atoms with E-state index in [9.17, 15) is 26.3 Å². The van der Waals surface area contributed by atoms with Crippen molar-refractivity contribution in [1.29, 1.82) is 0 Å². The van der Waals surface area contributed by atoms with Crippen LogP contribution in [-0.4, -0.2) is 19.2 Å². The molecule has 1 atom stereocenters. The van der Waals surface area contributed by atoms with Crippen LogP contribution in [0.4, 0.5) is 26.3 Å². The smallest absolute Gasteiger partial charge is 0.454 e. The number of hydrogen-bond acceptors (Lipinski definition) is 1. The maximum Gasteiger partial charge on any atom is 0.454 e. The van der Waals surface area contributed by atoms with E-state index >= 15 is 0 Å². The molecule has 0 heterocycles. The molecule has 102 valence electrons. The molecule has 1 nitrogen and oxygen atoms in total. The zero-order valence-corrected chi connectivity index (χ0v) is 10.4. The van der Waals surface area contributed by atoms with Crippen molar-refractivity contribution in [3.05, 3.63) is 29.6 Å². The third-order valence-electron chi connectivity index (χ3n) is 2.16. The van der Waals surface area contributed by atoms with Crippen molar-refractivity contribution in [3.8, 4) is 5.75 Å². The molecule has 1 rings (SSSR count). The van der Waals surface area contributed by atoms with Gasteiger partial charge < -0.3 is 4.74 Å². The maximum absolute atomic E-state index is 13.2. The van der Waals surface area contributed by atoms with Gasteiger partial charge in [-0.15, -0.1) is 0 Å². The number of benzene rings is 1. The predicted molar refractivity (Wildman–Crippen MR) is 55.6 cm³/mol. The second-order valence-electron chi connectivity index (χ2n) is 3.38. The predicted octanol–water partition coefficient (Wildman–Crippen LogP) is 4.47. The lowest BCUT2D eigenvalue weighted by atomic mass is 10.1. The Hall–Kier alpha value is -0.920. The van der Waals surface area contributed by atoms with Crippen molar-refractivity contribution in [1.82, 2.24) is 0 Å². The quantitative estimate of drug-likeness (QED) is 0.584. The summed E-state index contributed by atoms with van der Waals surface area (Å²) in [5, 5.41) is 0. The van der Waals surface area contributed by atoms with Crippen LogP contribution in [0.25, 0.3) is 0 Å². The zero-order chi connectivity index (χ0) is 14.1. The first kappa shape index (κ1) is 15.1. The number of alkyl halides is 6. The van der Waals surface area contributed by atoms with Crippen LogP contribution in [0.5, 0.6) is 5.75 Å². The minimum absolute atomic E-state index is 0.242. The van der Waals surface area contributed by atoms with Crippen LogP contribution in [0, 0.1) is 5.82 Å². The van der Waals surface area contributed by atoms with E-state index in [4.69, 9.17) is 0 Å². The average Bonchev–Trinajstić information content (AvgIpc) is 2.26. The Morgan fingerprint density at radius 3 is 2.11 bits per heavy atom. The standard InChI is InChI=1S/C10H7BrF6O/c1-18-7-3-2-5(4-6(7)12)8(11)9(13,14)10(15,16)17/h2-4,8H,1H3. The Labute approximate surface area is 107 Å². The number of hydrogen-bond donors (Lipinski definition) is 0. The Kier molecular flexibility index (Phi) is 4.19. The molecule has 0 fully saturated rings. The summed E-state index contributed by atoms with van der Waals surface area (Å²) in [5.41, 5.74) is -0.532. The van der Waals surface area contributed by atoms with Gasteiger partial charge in [-0.05, 0) is 17.7 Å². The van der Waals surface area contributed by atoms with Gasteiger partial charge in [-0.1, -0.05) is 22.0 Å². The summed E-state index contributed by atoms with van der Waals surface area (Å²) in [6, 6.07) is 2.48. The summed E-state index contributed by atoms with van der Waals surface area (Å²) in [7, 11) is 1.15. The normalized spacial score (nSPS) is 14.4. The molecule has 0 N–H and O–H groups in total. The van der Waals surface area contributed by atoms with Crippen molar-refractivity contribution >= 4 is 15.9 Å². The van der Waals surface area contributed by atoms with Gasteiger partial charge in [0.15, 0.2) is 11.6 Å². The Morgan fingerprint density at radius 1 is 1.17 bits per heavy atom. The Balaban J connectivity index is 3.12. The van der Waals surface area contributed by atoms with Gasteiger partial charge in [0.2, 0.25) is 0 Å². The molecule has 0 aliphatic rings. The lowest BCUT2D eigenvalue weighted by molar-refractivity contribution is -0.281. The third-order valence-corrected chi connectivity index (χ3v) is 3.27. The van der Waals surface area contributed by atoms with Gasteiger partial charge in [0.05, 0.1) is 7.11 Å². The van der Waals surface area contributed by atoms with E-state index in [1.54, 1.807) is 0 Å². The van der Waals surface area contributed by atoms with Crippen molar-refractivity contribution in [2.75, 3.05) is 7.11 Å². The van der Waals surface area contributed by atoms with Gasteiger partial charge in [-0.2, -0.15) is 22.0 Å². The highest BCUT2D eigenvalue weighted by Crippen LogP contribution is 2.49. The van der Waals surface area contributed by atoms with Gasteiger partial charge in [0.1, 0.15) is 4.83 Å². The molecule has 1 aromatic rings. The highest BCUT2D eigenvalue weighted by Gasteiger charge is 2.62. The molecule has 0 spiro atoms. The molecule has 1 unspecified atom stereocenters. The molecule has 0 saturated heterocycles. The van der Waals surface area contributed by atoms with Crippen LogP contribution in [0.1, 0.15) is 10.4 Å². The molecule has 0 amide bonds. The Bertz CT molecular complexity index is 431. The van der Waals surface area contributed by atoms with Gasteiger partial charge in [-0.3, -0.25) is 0 Å². The topological polar surface area (TPSA) is 9.23 Å². The van der Waals surface area contributed by atoms with E-state index < -0.39 is 28.3 Å². The van der Waals surface area contributed by atoms with E-state index in [2.05, 4.69) is 20.7 Å². The van der Waals surface area contributed by atoms with Crippen LogP contribution in [0.3, 0.4) is 0 Å². The number of methoxy groups -OCH3 is 1. The fraction of sp³-hybridized carbons (Fsp3) is 0.400. The average molecular weight is 337 g/mol. The van der Waals surface area contributed by atoms with Crippen molar-refractivity contribution < 1.29 is 31.1 Å².